The number of hydrogen-bond acceptors (Lipinski definition) is 5. The summed E-state index contributed by atoms with van der Waals surface area (Å²) in [5.41, 5.74) is 2.42. The Balaban J connectivity index is 0.00000450. The molecule has 2 aromatic carbocycles. The molecule has 0 saturated carbocycles. The van der Waals surface area contributed by atoms with Crippen molar-refractivity contribution in [1.82, 2.24) is 10.2 Å². The number of rotatable bonds is 9. The predicted molar refractivity (Wildman–Crippen MR) is 129 cm³/mol. The number of hydrogen-bond donors (Lipinski definition) is 2. The highest BCUT2D eigenvalue weighted by Gasteiger charge is 2.11. The number of ether oxygens (including phenoxy) is 1. The van der Waals surface area contributed by atoms with Crippen molar-refractivity contribution in [3.63, 3.8) is 0 Å². The van der Waals surface area contributed by atoms with Crippen molar-refractivity contribution in [2.45, 2.75) is 26.5 Å². The van der Waals surface area contributed by atoms with E-state index >= 15 is 0 Å². The lowest BCUT2D eigenvalue weighted by atomic mass is 10.1. The molecule has 0 aliphatic carbocycles. The minimum Gasteiger partial charge on any atom is -0.491 e. The third-order valence-electron chi connectivity index (χ3n) is 4.31. The Kier molecular flexibility index (Phi) is 11.1. The summed E-state index contributed by atoms with van der Waals surface area (Å²) in [4.78, 5) is 16.7. The maximum absolute atomic E-state index is 10.7. The third-order valence-corrected chi connectivity index (χ3v) is 4.31. The standard InChI is InChI=1S/C21H28N4O4.HI/c1-4-22-21(24(3)14-17-8-6-5-7-16(17)2)23-13-19(26)15-29-20-11-9-18(10-12-20)25(27)28;/h5-12,19,26H,4,13-15H2,1-3H3,(H,22,23);1H. The molecule has 2 rings (SSSR count). The van der Waals surface area contributed by atoms with E-state index < -0.39 is 11.0 Å². The first-order valence-corrected chi connectivity index (χ1v) is 9.50. The fourth-order valence-electron chi connectivity index (χ4n) is 2.69. The van der Waals surface area contributed by atoms with Crippen LogP contribution in [-0.2, 0) is 6.54 Å². The summed E-state index contributed by atoms with van der Waals surface area (Å²) in [5, 5.41) is 24.1. The van der Waals surface area contributed by atoms with Gasteiger partial charge in [-0.15, -0.1) is 24.0 Å². The Hall–Kier alpha value is -2.40. The lowest BCUT2D eigenvalue weighted by Gasteiger charge is -2.23. The monoisotopic (exact) mass is 528 g/mol. The SMILES string of the molecule is CCNC(=NCC(O)COc1ccc([N+](=O)[O-])cc1)N(C)Cc1ccccc1C.I. The number of nitrogens with zero attached hydrogens (tertiary/aromatic N) is 3. The number of benzene rings is 2. The molecule has 8 nitrogen and oxygen atoms in total. The minimum absolute atomic E-state index is 0. The molecule has 0 spiro atoms. The zero-order valence-corrected chi connectivity index (χ0v) is 19.8. The molecule has 0 amide bonds. The topological polar surface area (TPSA) is 100 Å². The van der Waals surface area contributed by atoms with Gasteiger partial charge in [0.1, 0.15) is 18.5 Å². The number of aliphatic imine (C=N–C) groups is 1. The molecule has 9 heteroatoms. The lowest BCUT2D eigenvalue weighted by molar-refractivity contribution is -0.384. The fraction of sp³-hybridized carbons (Fsp3) is 0.381. The van der Waals surface area contributed by atoms with E-state index in [0.717, 1.165) is 0 Å². The Morgan fingerprint density at radius 2 is 1.93 bits per heavy atom. The maximum atomic E-state index is 10.7. The molecule has 0 aliphatic heterocycles. The molecule has 0 bridgehead atoms. The Labute approximate surface area is 194 Å². The summed E-state index contributed by atoms with van der Waals surface area (Å²) < 4.78 is 5.49. The number of nitro benzene ring substituents is 1. The summed E-state index contributed by atoms with van der Waals surface area (Å²) in [7, 11) is 1.95. The molecule has 30 heavy (non-hydrogen) atoms. The van der Waals surface area contributed by atoms with Crippen LogP contribution in [0.1, 0.15) is 18.1 Å². The normalized spacial score (nSPS) is 11.9. The smallest absolute Gasteiger partial charge is 0.269 e. The Morgan fingerprint density at radius 1 is 1.27 bits per heavy atom. The van der Waals surface area contributed by atoms with Gasteiger partial charge >= 0.3 is 0 Å². The van der Waals surface area contributed by atoms with Crippen molar-refractivity contribution >= 4 is 35.6 Å². The molecular weight excluding hydrogens is 499 g/mol. The van der Waals surface area contributed by atoms with Gasteiger partial charge in [-0.1, -0.05) is 24.3 Å². The molecule has 0 aliphatic rings. The van der Waals surface area contributed by atoms with E-state index in [9.17, 15) is 15.2 Å². The highest BCUT2D eigenvalue weighted by molar-refractivity contribution is 14.0. The summed E-state index contributed by atoms with van der Waals surface area (Å²) >= 11 is 0. The van der Waals surface area contributed by atoms with Gasteiger partial charge in [-0.05, 0) is 37.1 Å². The maximum Gasteiger partial charge on any atom is 0.269 e. The average molecular weight is 528 g/mol. The van der Waals surface area contributed by atoms with Crippen LogP contribution in [0.4, 0.5) is 5.69 Å². The van der Waals surface area contributed by atoms with E-state index in [1.54, 1.807) is 0 Å². The molecule has 2 N–H and O–H groups in total. The van der Waals surface area contributed by atoms with E-state index in [4.69, 9.17) is 4.74 Å². The number of nitro groups is 1. The predicted octanol–water partition coefficient (Wildman–Crippen LogP) is 3.36. The second kappa shape index (κ2) is 13.0. The molecule has 0 saturated heterocycles. The summed E-state index contributed by atoms with van der Waals surface area (Å²) in [6.07, 6.45) is -0.800. The Bertz CT molecular complexity index is 830. The molecule has 2 aromatic rings. The lowest BCUT2D eigenvalue weighted by Crippen LogP contribution is -2.39. The summed E-state index contributed by atoms with van der Waals surface area (Å²) in [5.74, 6) is 1.16. The highest BCUT2D eigenvalue weighted by atomic mass is 127. The van der Waals surface area contributed by atoms with E-state index in [1.165, 1.54) is 35.4 Å². The van der Waals surface area contributed by atoms with Crippen LogP contribution in [0.3, 0.4) is 0 Å². The van der Waals surface area contributed by atoms with Crippen molar-refractivity contribution in [1.29, 1.82) is 0 Å². The first-order valence-electron chi connectivity index (χ1n) is 9.50. The average Bonchev–Trinajstić information content (AvgIpc) is 2.71. The van der Waals surface area contributed by atoms with Gasteiger partial charge in [0.15, 0.2) is 5.96 Å². The highest BCUT2D eigenvalue weighted by Crippen LogP contribution is 2.17. The number of aliphatic hydroxyl groups is 1. The number of non-ortho nitro benzene ring substituents is 1. The zero-order valence-electron chi connectivity index (χ0n) is 17.4. The molecule has 0 radical (unpaired) electrons. The molecule has 1 atom stereocenters. The summed E-state index contributed by atoms with van der Waals surface area (Å²) in [6.45, 7) is 5.70. The first-order chi connectivity index (χ1) is 13.9. The van der Waals surface area contributed by atoms with Crippen LogP contribution in [-0.4, -0.2) is 53.7 Å². The molecule has 0 heterocycles. The molecule has 0 fully saturated rings. The molecular formula is C21H29IN4O4. The van der Waals surface area contributed by atoms with Crippen molar-refractivity contribution < 1.29 is 14.8 Å². The van der Waals surface area contributed by atoms with Gasteiger partial charge in [0.2, 0.25) is 0 Å². The van der Waals surface area contributed by atoms with E-state index in [-0.39, 0.29) is 42.8 Å². The van der Waals surface area contributed by atoms with Gasteiger partial charge in [0.25, 0.3) is 5.69 Å². The van der Waals surface area contributed by atoms with Gasteiger partial charge in [0.05, 0.1) is 11.5 Å². The van der Waals surface area contributed by atoms with Gasteiger partial charge in [-0.25, -0.2) is 0 Å². The van der Waals surface area contributed by atoms with Crippen LogP contribution in [0.2, 0.25) is 0 Å². The van der Waals surface area contributed by atoms with Gasteiger partial charge in [-0.2, -0.15) is 0 Å². The number of aryl methyl sites for hydroxylation is 1. The second-order valence-electron chi connectivity index (χ2n) is 6.69. The number of guanidine groups is 1. The minimum atomic E-state index is -0.800. The van der Waals surface area contributed by atoms with Crippen LogP contribution in [0.15, 0.2) is 53.5 Å². The number of aliphatic hydroxyl groups excluding tert-OH is 1. The molecule has 1 unspecified atom stereocenters. The van der Waals surface area contributed by atoms with Crippen LogP contribution >= 0.6 is 24.0 Å². The zero-order chi connectivity index (χ0) is 21.2. The van der Waals surface area contributed by atoms with Crippen molar-refractivity contribution in [2.75, 3.05) is 26.7 Å². The van der Waals surface area contributed by atoms with Gasteiger partial charge in [-0.3, -0.25) is 15.1 Å². The van der Waals surface area contributed by atoms with Gasteiger partial charge in [0, 0.05) is 32.3 Å². The fourth-order valence-corrected chi connectivity index (χ4v) is 2.69. The number of halogens is 1. The van der Waals surface area contributed by atoms with E-state index in [0.29, 0.717) is 24.8 Å². The van der Waals surface area contributed by atoms with Crippen molar-refractivity contribution in [3.05, 3.63) is 69.8 Å². The van der Waals surface area contributed by atoms with E-state index in [2.05, 4.69) is 29.4 Å². The third kappa shape index (κ3) is 8.15. The molecule has 0 aromatic heterocycles. The first kappa shape index (κ1) is 25.6. The summed E-state index contributed by atoms with van der Waals surface area (Å²) in [6, 6.07) is 13.9. The number of nitrogens with one attached hydrogen (secondary N) is 1. The van der Waals surface area contributed by atoms with Crippen LogP contribution in [0.5, 0.6) is 5.75 Å². The van der Waals surface area contributed by atoms with Crippen LogP contribution in [0, 0.1) is 17.0 Å². The quantitative estimate of drug-likeness (QED) is 0.170. The van der Waals surface area contributed by atoms with Crippen LogP contribution in [0.25, 0.3) is 0 Å². The Morgan fingerprint density at radius 3 is 2.53 bits per heavy atom. The van der Waals surface area contributed by atoms with E-state index in [1.807, 2.05) is 31.0 Å². The molecule has 164 valence electrons. The largest absolute Gasteiger partial charge is 0.491 e. The van der Waals surface area contributed by atoms with Crippen LogP contribution < -0.4 is 10.1 Å². The van der Waals surface area contributed by atoms with Gasteiger partial charge < -0.3 is 20.1 Å². The second-order valence-corrected chi connectivity index (χ2v) is 6.69. The van der Waals surface area contributed by atoms with Crippen molar-refractivity contribution in [2.24, 2.45) is 4.99 Å². The van der Waals surface area contributed by atoms with Crippen molar-refractivity contribution in [3.8, 4) is 5.75 Å².